The van der Waals surface area contributed by atoms with E-state index in [1.54, 1.807) is 25.6 Å². The van der Waals surface area contributed by atoms with Crippen molar-refractivity contribution < 1.29 is 46.1 Å². The van der Waals surface area contributed by atoms with Crippen molar-refractivity contribution in [3.05, 3.63) is 127 Å². The normalized spacial score (nSPS) is 16.4. The van der Waals surface area contributed by atoms with Gasteiger partial charge < -0.3 is 24.8 Å². The maximum Gasteiger partial charge on any atom is -1.00 e. The van der Waals surface area contributed by atoms with Gasteiger partial charge in [-0.05, 0) is 0 Å². The first kappa shape index (κ1) is 35.8. The van der Waals surface area contributed by atoms with E-state index in [4.69, 9.17) is 0 Å². The fourth-order valence-electron chi connectivity index (χ4n) is 7.46. The number of halogens is 2. The van der Waals surface area contributed by atoms with Crippen molar-refractivity contribution in [2.24, 2.45) is 11.8 Å². The summed E-state index contributed by atoms with van der Waals surface area (Å²) in [5.74, 6) is 1.04. The fourth-order valence-corrected chi connectivity index (χ4v) is 16.3. The molecule has 0 saturated heterocycles. The van der Waals surface area contributed by atoms with Crippen LogP contribution in [0.5, 0.6) is 0 Å². The Bertz CT molecular complexity index is 1770. The molecule has 0 N–H and O–H groups in total. The molecule has 234 valence electrons. The summed E-state index contributed by atoms with van der Waals surface area (Å²) in [5, 5.41) is 2.72. The second-order valence-corrected chi connectivity index (χ2v) is 21.0. The smallest absolute Gasteiger partial charge is 1.00 e. The molecule has 3 heteroatoms. The van der Waals surface area contributed by atoms with Crippen molar-refractivity contribution in [1.82, 2.24) is 0 Å². The van der Waals surface area contributed by atoms with Gasteiger partial charge in [-0.1, -0.05) is 0 Å². The second-order valence-electron chi connectivity index (χ2n) is 15.3. The zero-order valence-corrected chi connectivity index (χ0v) is 32.6. The van der Waals surface area contributed by atoms with Crippen LogP contribution in [0.2, 0.25) is 0 Å². The molecule has 0 spiro atoms. The van der Waals surface area contributed by atoms with Gasteiger partial charge in [0.2, 0.25) is 0 Å². The van der Waals surface area contributed by atoms with Gasteiger partial charge in [-0.2, -0.15) is 0 Å². The fraction of sp³-hybridized carbons (Fsp3) is 0.357. The molecule has 0 amide bonds. The van der Waals surface area contributed by atoms with Crippen LogP contribution in [-0.2, 0) is 32.1 Å². The van der Waals surface area contributed by atoms with Gasteiger partial charge in [0.25, 0.3) is 0 Å². The minimum Gasteiger partial charge on any atom is -1.00 e. The van der Waals surface area contributed by atoms with Crippen LogP contribution in [-0.4, -0.2) is 3.71 Å². The third-order valence-corrected chi connectivity index (χ3v) is 18.0. The van der Waals surface area contributed by atoms with Gasteiger partial charge in [-0.3, -0.25) is 0 Å². The van der Waals surface area contributed by atoms with Crippen LogP contribution in [0.1, 0.15) is 101 Å². The molecular formula is C42H48Cl2Zr. The molecule has 45 heavy (non-hydrogen) atoms. The molecule has 4 aromatic carbocycles. The molecule has 1 unspecified atom stereocenters. The van der Waals surface area contributed by atoms with Crippen LogP contribution in [0.25, 0.3) is 21.9 Å². The van der Waals surface area contributed by atoms with Gasteiger partial charge in [0.15, 0.2) is 0 Å². The van der Waals surface area contributed by atoms with E-state index in [-0.39, 0.29) is 35.6 Å². The summed E-state index contributed by atoms with van der Waals surface area (Å²) in [6.45, 7) is 23.7. The summed E-state index contributed by atoms with van der Waals surface area (Å²) in [7, 11) is 0. The Morgan fingerprint density at radius 1 is 0.711 bits per heavy atom. The quantitative estimate of drug-likeness (QED) is 0.263. The van der Waals surface area contributed by atoms with Gasteiger partial charge in [-0.15, -0.1) is 0 Å². The van der Waals surface area contributed by atoms with Crippen LogP contribution in [0.15, 0.2) is 99.4 Å². The largest absolute Gasteiger partial charge is 1.00 e. The Morgan fingerprint density at radius 3 is 1.76 bits per heavy atom. The third kappa shape index (κ3) is 6.57. The maximum absolute atomic E-state index is 2.82. The first-order chi connectivity index (χ1) is 20.3. The first-order valence-corrected chi connectivity index (χ1v) is 20.2. The van der Waals surface area contributed by atoms with E-state index in [9.17, 15) is 0 Å². The minimum atomic E-state index is -2.59. The van der Waals surface area contributed by atoms with E-state index in [0.717, 1.165) is 0 Å². The number of benzene rings is 4. The Morgan fingerprint density at radius 2 is 1.24 bits per heavy atom. The van der Waals surface area contributed by atoms with E-state index in [0.29, 0.717) is 15.5 Å². The Hall–Kier alpha value is -2.05. The molecule has 0 aromatic heterocycles. The van der Waals surface area contributed by atoms with E-state index in [1.165, 1.54) is 38.6 Å². The molecule has 0 nitrogen and oxygen atoms in total. The van der Waals surface area contributed by atoms with E-state index in [2.05, 4.69) is 158 Å². The summed E-state index contributed by atoms with van der Waals surface area (Å²) in [4.78, 5) is 0. The van der Waals surface area contributed by atoms with Crippen molar-refractivity contribution in [3.8, 4) is 11.1 Å². The standard InChI is InChI=1S/C21H25.C11H8.C10H15.2ClH.Zr/c1-20(2,3)16-9-7-14-11-15-8-10-17(21(4,5)6)13-19(15)18(14)12-16;1-9-5-4-7-10-6-2-3-8-11(9)10;1-7(2)10-6-8(3)5-9(10)4;;;/h7-13H,1-6H3;1-8H;6-8H,1-4H3;2*1H;/q;;;;;+2/p-2. The van der Waals surface area contributed by atoms with E-state index in [1.807, 2.05) is 0 Å². The average Bonchev–Trinajstić information content (AvgIpc) is 3.43. The van der Waals surface area contributed by atoms with Gasteiger partial charge in [0.05, 0.1) is 0 Å². The summed E-state index contributed by atoms with van der Waals surface area (Å²) in [5.41, 5.74) is 13.7. The van der Waals surface area contributed by atoms with Crippen LogP contribution >= 0.6 is 0 Å². The molecule has 4 aromatic rings. The van der Waals surface area contributed by atoms with Crippen molar-refractivity contribution in [2.45, 2.75) is 83.7 Å². The van der Waals surface area contributed by atoms with Crippen LogP contribution in [0, 0.1) is 11.8 Å². The van der Waals surface area contributed by atoms with Gasteiger partial charge in [0.1, 0.15) is 0 Å². The average molecular weight is 715 g/mol. The molecule has 1 atom stereocenters. The molecule has 0 aliphatic heterocycles. The van der Waals surface area contributed by atoms with Gasteiger partial charge in [-0.25, -0.2) is 0 Å². The molecule has 0 radical (unpaired) electrons. The van der Waals surface area contributed by atoms with Crippen LogP contribution in [0.3, 0.4) is 0 Å². The van der Waals surface area contributed by atoms with Crippen molar-refractivity contribution >= 4 is 14.5 Å². The monoisotopic (exact) mass is 712 g/mol. The summed E-state index contributed by atoms with van der Waals surface area (Å²) < 4.78 is 5.06. The SMILES string of the molecule is CC1=[C](/[Zr+2](=[CH]/c2cccc3ccccc23)[CH]2c3ccc(C(C)(C)C)cc3-c3cc(C(C)(C)C)ccc32)C(C)C=C1C(C)C.[Cl-].[Cl-]. The molecule has 0 heterocycles. The van der Waals surface area contributed by atoms with Crippen molar-refractivity contribution in [2.75, 3.05) is 0 Å². The summed E-state index contributed by atoms with van der Waals surface area (Å²) >= 11 is -2.59. The third-order valence-electron chi connectivity index (χ3n) is 9.85. The Balaban J connectivity index is 0.00000230. The number of hydrogen-bond acceptors (Lipinski definition) is 0. The Kier molecular flexibility index (Phi) is 10.5. The minimum absolute atomic E-state index is 0. The molecular weight excluding hydrogens is 667 g/mol. The number of hydrogen-bond donors (Lipinski definition) is 0. The zero-order valence-electron chi connectivity index (χ0n) is 28.6. The van der Waals surface area contributed by atoms with Gasteiger partial charge >= 0.3 is 270 Å². The summed E-state index contributed by atoms with van der Waals surface area (Å²) in [6, 6.07) is 30.8. The molecule has 0 saturated carbocycles. The molecule has 0 bridgehead atoms. The van der Waals surface area contributed by atoms with Crippen molar-refractivity contribution in [3.63, 3.8) is 0 Å². The molecule has 6 rings (SSSR count). The molecule has 0 fully saturated rings. The molecule has 2 aliphatic carbocycles. The van der Waals surface area contributed by atoms with Gasteiger partial charge in [0, 0.05) is 0 Å². The van der Waals surface area contributed by atoms with Crippen molar-refractivity contribution in [1.29, 1.82) is 0 Å². The van der Waals surface area contributed by atoms with Crippen LogP contribution in [0.4, 0.5) is 0 Å². The predicted octanol–water partition coefficient (Wildman–Crippen LogP) is 5.49. The second kappa shape index (κ2) is 13.2. The Labute approximate surface area is 292 Å². The van der Waals surface area contributed by atoms with Crippen LogP contribution < -0.4 is 24.8 Å². The van der Waals surface area contributed by atoms with E-state index < -0.39 is 21.3 Å². The maximum atomic E-state index is 2.82. The van der Waals surface area contributed by atoms with E-state index >= 15 is 0 Å². The predicted molar refractivity (Wildman–Crippen MR) is 185 cm³/mol. The number of rotatable bonds is 4. The number of fused-ring (bicyclic) bond motifs is 4. The molecule has 2 aliphatic rings. The first-order valence-electron chi connectivity index (χ1n) is 16.2. The zero-order chi connectivity index (χ0) is 30.8. The topological polar surface area (TPSA) is 0 Å². The summed E-state index contributed by atoms with van der Waals surface area (Å²) in [6.07, 6.45) is 2.59. The number of allylic oxidation sites excluding steroid dienone is 4.